The van der Waals surface area contributed by atoms with E-state index in [0.717, 1.165) is 19.3 Å². The summed E-state index contributed by atoms with van der Waals surface area (Å²) in [6.07, 6.45) is 4.06. The van der Waals surface area contributed by atoms with Crippen LogP contribution in [-0.2, 0) is 16.8 Å². The van der Waals surface area contributed by atoms with Crippen LogP contribution in [0.15, 0.2) is 4.52 Å². The third-order valence-electron chi connectivity index (χ3n) is 4.59. The van der Waals surface area contributed by atoms with Gasteiger partial charge >= 0.3 is 0 Å². The minimum atomic E-state index is -0.505. The van der Waals surface area contributed by atoms with E-state index in [-0.39, 0.29) is 5.41 Å². The molecule has 1 aromatic heterocycles. The molecule has 0 saturated heterocycles. The van der Waals surface area contributed by atoms with Crippen LogP contribution in [0, 0.1) is 11.3 Å². The van der Waals surface area contributed by atoms with Crippen LogP contribution >= 0.6 is 0 Å². The first-order valence-corrected chi connectivity index (χ1v) is 7.83. The molecular weight excluding hydrogens is 268 g/mol. The molecule has 0 spiro atoms. The maximum Gasteiger partial charge on any atom is 0.229 e. The van der Waals surface area contributed by atoms with E-state index in [2.05, 4.69) is 17.1 Å². The van der Waals surface area contributed by atoms with Gasteiger partial charge in [-0.15, -0.1) is 0 Å². The second-order valence-electron chi connectivity index (χ2n) is 7.50. The van der Waals surface area contributed by atoms with Gasteiger partial charge in [0.25, 0.3) is 0 Å². The lowest BCUT2D eigenvalue weighted by Gasteiger charge is -2.36. The van der Waals surface area contributed by atoms with E-state index in [1.54, 1.807) is 7.11 Å². The zero-order valence-corrected chi connectivity index (χ0v) is 13.8. The summed E-state index contributed by atoms with van der Waals surface area (Å²) in [5, 5.41) is 14.3. The average Bonchev–Trinajstić information content (AvgIpc) is 2.86. The zero-order valence-electron chi connectivity index (χ0n) is 13.8. The van der Waals surface area contributed by atoms with Crippen molar-refractivity contribution in [2.75, 3.05) is 7.11 Å². The molecule has 0 aliphatic heterocycles. The third kappa shape index (κ3) is 3.64. The molecular formula is C16H28N2O3. The lowest BCUT2D eigenvalue weighted by atomic mass is 9.78. The molecule has 1 fully saturated rings. The molecule has 0 aromatic carbocycles. The van der Waals surface area contributed by atoms with E-state index in [1.165, 1.54) is 6.42 Å². The monoisotopic (exact) mass is 296 g/mol. The molecule has 120 valence electrons. The molecule has 2 rings (SSSR count). The van der Waals surface area contributed by atoms with Crippen LogP contribution in [0.5, 0.6) is 0 Å². The number of methoxy groups -OCH3 is 1. The first-order chi connectivity index (χ1) is 9.77. The molecule has 0 radical (unpaired) electrons. The average molecular weight is 296 g/mol. The number of hydrogen-bond donors (Lipinski definition) is 1. The summed E-state index contributed by atoms with van der Waals surface area (Å²) in [5.74, 6) is 1.72. The Hall–Kier alpha value is -0.940. The minimum Gasteiger partial charge on any atom is -0.392 e. The number of rotatable bonds is 4. The Labute approximate surface area is 127 Å². The quantitative estimate of drug-likeness (QED) is 0.924. The first-order valence-electron chi connectivity index (χ1n) is 7.83. The van der Waals surface area contributed by atoms with Gasteiger partial charge in [0.05, 0.1) is 12.5 Å². The van der Waals surface area contributed by atoms with Crippen LogP contribution in [0.25, 0.3) is 0 Å². The van der Waals surface area contributed by atoms with Crippen LogP contribution in [-0.4, -0.2) is 28.5 Å². The number of aliphatic hydroxyl groups is 1. The van der Waals surface area contributed by atoms with Crippen molar-refractivity contribution in [3.8, 4) is 0 Å². The van der Waals surface area contributed by atoms with E-state index in [4.69, 9.17) is 9.26 Å². The lowest BCUT2D eigenvalue weighted by Crippen LogP contribution is -2.35. The Balaban J connectivity index is 2.14. The van der Waals surface area contributed by atoms with Gasteiger partial charge in [-0.3, -0.25) is 0 Å². The summed E-state index contributed by atoms with van der Waals surface area (Å²) in [6.45, 7) is 8.22. The molecule has 3 unspecified atom stereocenters. The van der Waals surface area contributed by atoms with E-state index < -0.39 is 11.7 Å². The van der Waals surface area contributed by atoms with Gasteiger partial charge in [-0.2, -0.15) is 4.98 Å². The molecule has 1 aliphatic carbocycles. The van der Waals surface area contributed by atoms with Crippen molar-refractivity contribution >= 4 is 0 Å². The van der Waals surface area contributed by atoms with Gasteiger partial charge in [0.2, 0.25) is 11.7 Å². The van der Waals surface area contributed by atoms with Gasteiger partial charge in [0, 0.05) is 7.11 Å². The Bertz CT molecular complexity index is 466. The number of aromatic nitrogens is 2. The van der Waals surface area contributed by atoms with Crippen LogP contribution < -0.4 is 0 Å². The predicted octanol–water partition coefficient (Wildman–Crippen LogP) is 3.07. The minimum absolute atomic E-state index is 0.201. The summed E-state index contributed by atoms with van der Waals surface area (Å²) in [6, 6.07) is 0. The highest BCUT2D eigenvalue weighted by Gasteiger charge is 2.41. The molecule has 21 heavy (non-hydrogen) atoms. The van der Waals surface area contributed by atoms with Crippen molar-refractivity contribution in [3.63, 3.8) is 0 Å². The summed E-state index contributed by atoms with van der Waals surface area (Å²) in [5.41, 5.74) is -0.626. The van der Waals surface area contributed by atoms with Gasteiger partial charge in [0.1, 0.15) is 5.60 Å². The predicted molar refractivity (Wildman–Crippen MR) is 79.8 cm³/mol. The SMILES string of the molecule is COC1(c2noc(CC(O)C(C)(C)C)n2)CCCC(C)C1. The molecule has 5 heteroatoms. The van der Waals surface area contributed by atoms with Crippen LogP contribution in [0.2, 0.25) is 0 Å². The third-order valence-corrected chi connectivity index (χ3v) is 4.59. The van der Waals surface area contributed by atoms with Gasteiger partial charge in [0.15, 0.2) is 0 Å². The van der Waals surface area contributed by atoms with E-state index in [9.17, 15) is 5.11 Å². The molecule has 1 aliphatic rings. The fourth-order valence-electron chi connectivity index (χ4n) is 2.98. The largest absolute Gasteiger partial charge is 0.392 e. The standard InChI is InChI=1S/C16H28N2O3/c1-11-7-6-8-16(10-11,20-5)14-17-13(21-18-14)9-12(19)15(2,3)4/h11-12,19H,6-10H2,1-5H3. The maximum absolute atomic E-state index is 10.2. The molecule has 1 heterocycles. The summed E-state index contributed by atoms with van der Waals surface area (Å²) >= 11 is 0. The van der Waals surface area contributed by atoms with Gasteiger partial charge < -0.3 is 14.4 Å². The Morgan fingerprint density at radius 1 is 1.48 bits per heavy atom. The number of aliphatic hydroxyl groups excluding tert-OH is 1. The van der Waals surface area contributed by atoms with Crippen LogP contribution in [0.4, 0.5) is 0 Å². The molecule has 0 amide bonds. The highest BCUT2D eigenvalue weighted by atomic mass is 16.5. The Kier molecular flexibility index (Phi) is 4.73. The zero-order chi connectivity index (χ0) is 15.7. The normalized spacial score (nSPS) is 28.6. The fourth-order valence-corrected chi connectivity index (χ4v) is 2.98. The fraction of sp³-hybridized carbons (Fsp3) is 0.875. The van der Waals surface area contributed by atoms with Crippen molar-refractivity contribution in [1.29, 1.82) is 0 Å². The van der Waals surface area contributed by atoms with Crippen molar-refractivity contribution in [3.05, 3.63) is 11.7 Å². The topological polar surface area (TPSA) is 68.4 Å². The highest BCUT2D eigenvalue weighted by molar-refractivity contribution is 5.04. The Morgan fingerprint density at radius 3 is 2.76 bits per heavy atom. The molecule has 1 N–H and O–H groups in total. The second kappa shape index (κ2) is 6.05. The maximum atomic E-state index is 10.2. The second-order valence-corrected chi connectivity index (χ2v) is 7.50. The van der Waals surface area contributed by atoms with Crippen LogP contribution in [0.1, 0.15) is 65.1 Å². The van der Waals surface area contributed by atoms with E-state index in [0.29, 0.717) is 24.1 Å². The molecule has 1 aromatic rings. The van der Waals surface area contributed by atoms with E-state index >= 15 is 0 Å². The molecule has 0 bridgehead atoms. The lowest BCUT2D eigenvalue weighted by molar-refractivity contribution is -0.0658. The first kappa shape index (κ1) is 16.4. The van der Waals surface area contributed by atoms with Crippen molar-refractivity contribution < 1.29 is 14.4 Å². The number of nitrogens with zero attached hydrogens (tertiary/aromatic N) is 2. The Morgan fingerprint density at radius 2 is 2.19 bits per heavy atom. The van der Waals surface area contributed by atoms with Gasteiger partial charge in [-0.05, 0) is 30.6 Å². The molecule has 3 atom stereocenters. The molecule has 1 saturated carbocycles. The summed E-state index contributed by atoms with van der Waals surface area (Å²) in [7, 11) is 1.72. The molecule has 5 nitrogen and oxygen atoms in total. The number of hydrogen-bond acceptors (Lipinski definition) is 5. The number of ether oxygens (including phenoxy) is 1. The van der Waals surface area contributed by atoms with Gasteiger partial charge in [-0.1, -0.05) is 39.3 Å². The van der Waals surface area contributed by atoms with Crippen molar-refractivity contribution in [2.24, 2.45) is 11.3 Å². The highest BCUT2D eigenvalue weighted by Crippen LogP contribution is 2.41. The van der Waals surface area contributed by atoms with E-state index in [1.807, 2.05) is 20.8 Å². The smallest absolute Gasteiger partial charge is 0.229 e. The summed E-state index contributed by atoms with van der Waals surface area (Å²) < 4.78 is 11.1. The summed E-state index contributed by atoms with van der Waals surface area (Å²) in [4.78, 5) is 4.50. The van der Waals surface area contributed by atoms with Crippen LogP contribution in [0.3, 0.4) is 0 Å². The van der Waals surface area contributed by atoms with Gasteiger partial charge in [-0.25, -0.2) is 0 Å². The van der Waals surface area contributed by atoms with Crippen molar-refractivity contribution in [2.45, 2.75) is 71.5 Å². The van der Waals surface area contributed by atoms with Crippen molar-refractivity contribution in [1.82, 2.24) is 10.1 Å².